The van der Waals surface area contributed by atoms with Gasteiger partial charge in [0.1, 0.15) is 0 Å². The first-order valence-corrected chi connectivity index (χ1v) is 5.38. The lowest BCUT2D eigenvalue weighted by atomic mass is 10.00. The first kappa shape index (κ1) is 9.48. The molecule has 0 atom stereocenters. The van der Waals surface area contributed by atoms with Crippen LogP contribution in [0.1, 0.15) is 23.2 Å². The van der Waals surface area contributed by atoms with E-state index in [1.54, 1.807) is 6.20 Å². The minimum atomic E-state index is -0.619. The molecule has 3 heteroatoms. The van der Waals surface area contributed by atoms with E-state index >= 15 is 0 Å². The fourth-order valence-electron chi connectivity index (χ4n) is 1.92. The van der Waals surface area contributed by atoms with Crippen LogP contribution in [0, 0.1) is 0 Å². The summed E-state index contributed by atoms with van der Waals surface area (Å²) in [5, 5.41) is 0.984. The summed E-state index contributed by atoms with van der Waals surface area (Å²) in [7, 11) is 0. The molecule has 0 spiro atoms. The number of pyridine rings is 1. The fourth-order valence-corrected chi connectivity index (χ4v) is 1.92. The van der Waals surface area contributed by atoms with Crippen LogP contribution in [0.2, 0.25) is 0 Å². The number of hydrogen-bond acceptors (Lipinski definition) is 3. The molecule has 0 aliphatic heterocycles. The van der Waals surface area contributed by atoms with Crippen LogP contribution in [0.5, 0.6) is 0 Å². The largest absolute Gasteiger partial charge is 0.319 e. The SMILES string of the molecule is NC1(C(=O)c2cccc3cccnc23)CC1. The Morgan fingerprint density at radius 1 is 1.25 bits per heavy atom. The molecular formula is C13H12N2O. The van der Waals surface area contributed by atoms with Crippen molar-refractivity contribution in [2.24, 2.45) is 5.73 Å². The van der Waals surface area contributed by atoms with Crippen LogP contribution in [-0.2, 0) is 0 Å². The minimum Gasteiger partial charge on any atom is -0.319 e. The molecule has 0 unspecified atom stereocenters. The average molecular weight is 212 g/mol. The number of nitrogens with two attached hydrogens (primary N) is 1. The maximum Gasteiger partial charge on any atom is 0.184 e. The van der Waals surface area contributed by atoms with E-state index in [0.717, 1.165) is 23.7 Å². The van der Waals surface area contributed by atoms with Gasteiger partial charge in [-0.05, 0) is 25.0 Å². The van der Waals surface area contributed by atoms with E-state index in [1.165, 1.54) is 0 Å². The van der Waals surface area contributed by atoms with Crippen LogP contribution in [-0.4, -0.2) is 16.3 Å². The topological polar surface area (TPSA) is 56.0 Å². The van der Waals surface area contributed by atoms with Gasteiger partial charge in [0.2, 0.25) is 0 Å². The van der Waals surface area contributed by atoms with E-state index in [-0.39, 0.29) is 5.78 Å². The highest BCUT2D eigenvalue weighted by Gasteiger charge is 2.46. The van der Waals surface area contributed by atoms with Gasteiger partial charge >= 0.3 is 0 Å². The van der Waals surface area contributed by atoms with Gasteiger partial charge in [-0.2, -0.15) is 0 Å². The summed E-state index contributed by atoms with van der Waals surface area (Å²) in [6.07, 6.45) is 3.28. The number of Topliss-reactive ketones (excluding diaryl/α,β-unsaturated/α-hetero) is 1. The van der Waals surface area contributed by atoms with Crippen molar-refractivity contribution in [1.82, 2.24) is 4.98 Å². The number of ketones is 1. The van der Waals surface area contributed by atoms with Gasteiger partial charge in [-0.1, -0.05) is 18.2 Å². The molecule has 2 aromatic rings. The highest BCUT2D eigenvalue weighted by atomic mass is 16.1. The van der Waals surface area contributed by atoms with E-state index in [9.17, 15) is 4.79 Å². The van der Waals surface area contributed by atoms with E-state index in [1.807, 2.05) is 30.3 Å². The van der Waals surface area contributed by atoms with Crippen molar-refractivity contribution in [1.29, 1.82) is 0 Å². The van der Waals surface area contributed by atoms with Gasteiger partial charge in [0.05, 0.1) is 11.1 Å². The van der Waals surface area contributed by atoms with E-state index in [4.69, 9.17) is 5.73 Å². The lowest BCUT2D eigenvalue weighted by Gasteiger charge is -2.09. The molecule has 1 aliphatic rings. The van der Waals surface area contributed by atoms with Crippen molar-refractivity contribution in [2.45, 2.75) is 18.4 Å². The van der Waals surface area contributed by atoms with Gasteiger partial charge in [-0.3, -0.25) is 9.78 Å². The van der Waals surface area contributed by atoms with Crippen molar-refractivity contribution < 1.29 is 4.79 Å². The third-order valence-electron chi connectivity index (χ3n) is 3.12. The highest BCUT2D eigenvalue weighted by Crippen LogP contribution is 2.36. The normalized spacial score (nSPS) is 17.3. The van der Waals surface area contributed by atoms with Crippen molar-refractivity contribution in [2.75, 3.05) is 0 Å². The third-order valence-corrected chi connectivity index (χ3v) is 3.12. The Bertz CT molecular complexity index is 568. The number of hydrogen-bond donors (Lipinski definition) is 1. The van der Waals surface area contributed by atoms with Gasteiger partial charge in [-0.15, -0.1) is 0 Å². The van der Waals surface area contributed by atoms with Crippen LogP contribution in [0.15, 0.2) is 36.5 Å². The molecule has 1 aromatic heterocycles. The molecule has 3 nitrogen and oxygen atoms in total. The zero-order valence-electron chi connectivity index (χ0n) is 8.81. The predicted octanol–water partition coefficient (Wildman–Crippen LogP) is 1.91. The van der Waals surface area contributed by atoms with Crippen molar-refractivity contribution in [3.8, 4) is 0 Å². The second kappa shape index (κ2) is 3.12. The van der Waals surface area contributed by atoms with E-state index in [2.05, 4.69) is 4.98 Å². The summed E-state index contributed by atoms with van der Waals surface area (Å²) in [6.45, 7) is 0. The zero-order chi connectivity index (χ0) is 11.2. The second-order valence-corrected chi connectivity index (χ2v) is 4.37. The Kier molecular flexibility index (Phi) is 1.85. The molecule has 1 aliphatic carbocycles. The first-order valence-electron chi connectivity index (χ1n) is 5.38. The summed E-state index contributed by atoms with van der Waals surface area (Å²) < 4.78 is 0. The second-order valence-electron chi connectivity index (χ2n) is 4.37. The van der Waals surface area contributed by atoms with Crippen LogP contribution in [0.3, 0.4) is 0 Å². The Hall–Kier alpha value is -1.74. The van der Waals surface area contributed by atoms with Crippen LogP contribution in [0.4, 0.5) is 0 Å². The molecule has 0 amide bonds. The lowest BCUT2D eigenvalue weighted by Crippen LogP contribution is -2.32. The summed E-state index contributed by atoms with van der Waals surface area (Å²) in [6, 6.07) is 9.46. The Labute approximate surface area is 93.3 Å². The average Bonchev–Trinajstić information content (AvgIpc) is 3.07. The first-order chi connectivity index (χ1) is 7.71. The number of carbonyl (C=O) groups excluding carboxylic acids is 1. The molecule has 0 saturated heterocycles. The Morgan fingerprint density at radius 3 is 2.75 bits per heavy atom. The molecule has 2 N–H and O–H groups in total. The number of rotatable bonds is 2. The van der Waals surface area contributed by atoms with Gasteiger partial charge in [-0.25, -0.2) is 0 Å². The summed E-state index contributed by atoms with van der Waals surface area (Å²) in [4.78, 5) is 16.4. The molecule has 16 heavy (non-hydrogen) atoms. The van der Waals surface area contributed by atoms with Gasteiger partial charge in [0, 0.05) is 17.1 Å². The van der Waals surface area contributed by atoms with Gasteiger partial charge in [0.15, 0.2) is 5.78 Å². The number of benzene rings is 1. The molecular weight excluding hydrogens is 200 g/mol. The molecule has 80 valence electrons. The number of nitrogens with zero attached hydrogens (tertiary/aromatic N) is 1. The highest BCUT2D eigenvalue weighted by molar-refractivity contribution is 6.12. The molecule has 1 aromatic carbocycles. The standard InChI is InChI=1S/C13H12N2O/c14-13(6-7-13)12(16)10-5-1-3-9-4-2-8-15-11(9)10/h1-5,8H,6-7,14H2. The molecule has 3 rings (SSSR count). The number of aromatic nitrogens is 1. The quantitative estimate of drug-likeness (QED) is 0.773. The van der Waals surface area contributed by atoms with Gasteiger partial charge in [0.25, 0.3) is 0 Å². The summed E-state index contributed by atoms with van der Waals surface area (Å²) in [5.41, 5.74) is 6.72. The molecule has 1 saturated carbocycles. The molecule has 0 bridgehead atoms. The predicted molar refractivity (Wildman–Crippen MR) is 62.2 cm³/mol. The maximum absolute atomic E-state index is 12.2. The van der Waals surface area contributed by atoms with Crippen LogP contribution < -0.4 is 5.73 Å². The molecule has 0 radical (unpaired) electrons. The summed E-state index contributed by atoms with van der Waals surface area (Å²) in [5.74, 6) is 0.0248. The zero-order valence-corrected chi connectivity index (χ0v) is 8.81. The maximum atomic E-state index is 12.2. The number of fused-ring (bicyclic) bond motifs is 1. The molecule has 1 fully saturated rings. The number of para-hydroxylation sites is 1. The Morgan fingerprint density at radius 2 is 2.00 bits per heavy atom. The fraction of sp³-hybridized carbons (Fsp3) is 0.231. The van der Waals surface area contributed by atoms with Crippen molar-refractivity contribution in [3.05, 3.63) is 42.1 Å². The summed E-state index contributed by atoms with van der Waals surface area (Å²) >= 11 is 0. The monoisotopic (exact) mass is 212 g/mol. The van der Waals surface area contributed by atoms with Crippen LogP contribution >= 0.6 is 0 Å². The lowest BCUT2D eigenvalue weighted by molar-refractivity contribution is 0.0950. The smallest absolute Gasteiger partial charge is 0.184 e. The van der Waals surface area contributed by atoms with Crippen molar-refractivity contribution in [3.63, 3.8) is 0 Å². The van der Waals surface area contributed by atoms with Crippen LogP contribution in [0.25, 0.3) is 10.9 Å². The Balaban J connectivity index is 2.20. The van der Waals surface area contributed by atoms with Gasteiger partial charge < -0.3 is 5.73 Å². The third kappa shape index (κ3) is 1.32. The van der Waals surface area contributed by atoms with E-state index in [0.29, 0.717) is 5.56 Å². The molecule has 1 heterocycles. The number of carbonyl (C=O) groups is 1. The minimum absolute atomic E-state index is 0.0248. The van der Waals surface area contributed by atoms with Crippen molar-refractivity contribution >= 4 is 16.7 Å². The van der Waals surface area contributed by atoms with E-state index < -0.39 is 5.54 Å².